The van der Waals surface area contributed by atoms with Crippen molar-refractivity contribution in [2.75, 3.05) is 30.2 Å². The average Bonchev–Trinajstić information content (AvgIpc) is 2.75. The molecule has 0 saturated carbocycles. The molecule has 0 fully saturated rings. The molecular formula is C23H30FN3O4S. The lowest BCUT2D eigenvalue weighted by Gasteiger charge is -2.32. The SMILES string of the molecule is CCNC(=O)C(CC)N(CCc1ccccc1)C(=O)CN(c1ccc(F)cc1)S(C)(=O)=O. The number of benzene rings is 2. The number of likely N-dealkylation sites (N-methyl/N-ethyl adjacent to an activating group) is 1. The van der Waals surface area contributed by atoms with Crippen LogP contribution in [0.15, 0.2) is 54.6 Å². The van der Waals surface area contributed by atoms with Crippen molar-refractivity contribution >= 4 is 27.5 Å². The summed E-state index contributed by atoms with van der Waals surface area (Å²) in [5, 5.41) is 2.75. The highest BCUT2D eigenvalue weighted by Crippen LogP contribution is 2.19. The number of nitrogens with one attached hydrogen (secondary N) is 1. The topological polar surface area (TPSA) is 86.8 Å². The summed E-state index contributed by atoms with van der Waals surface area (Å²) in [5.41, 5.74) is 1.17. The van der Waals surface area contributed by atoms with Crippen LogP contribution < -0.4 is 9.62 Å². The molecule has 2 amide bonds. The Morgan fingerprint density at radius 2 is 1.66 bits per heavy atom. The van der Waals surface area contributed by atoms with Gasteiger partial charge in [-0.2, -0.15) is 0 Å². The lowest BCUT2D eigenvalue weighted by molar-refractivity contribution is -0.139. The standard InChI is InChI=1S/C23H30FN3O4S/c1-4-21(23(29)25-5-2)26(16-15-18-9-7-6-8-10-18)22(28)17-27(32(3,30)31)20-13-11-19(24)12-14-20/h6-14,21H,4-5,15-17H2,1-3H3,(H,25,29). The van der Waals surface area contributed by atoms with Crippen molar-refractivity contribution in [2.24, 2.45) is 0 Å². The van der Waals surface area contributed by atoms with Gasteiger partial charge in [0, 0.05) is 13.1 Å². The summed E-state index contributed by atoms with van der Waals surface area (Å²) in [6.45, 7) is 3.77. The van der Waals surface area contributed by atoms with Gasteiger partial charge in [0.2, 0.25) is 21.8 Å². The third-order valence-electron chi connectivity index (χ3n) is 5.01. The van der Waals surface area contributed by atoms with Crippen LogP contribution in [0, 0.1) is 5.82 Å². The lowest BCUT2D eigenvalue weighted by atomic mass is 10.1. The number of nitrogens with zero attached hydrogens (tertiary/aromatic N) is 2. The van der Waals surface area contributed by atoms with E-state index in [4.69, 9.17) is 0 Å². The van der Waals surface area contributed by atoms with E-state index in [9.17, 15) is 22.4 Å². The Kier molecular flexibility index (Phi) is 9.19. The molecule has 2 rings (SSSR count). The molecule has 0 aliphatic carbocycles. The van der Waals surface area contributed by atoms with E-state index in [0.717, 1.165) is 28.3 Å². The molecule has 1 atom stereocenters. The summed E-state index contributed by atoms with van der Waals surface area (Å²) in [4.78, 5) is 27.4. The van der Waals surface area contributed by atoms with E-state index in [1.54, 1.807) is 13.8 Å². The zero-order valence-corrected chi connectivity index (χ0v) is 19.4. The Bertz CT molecular complexity index is 998. The van der Waals surface area contributed by atoms with Crippen LogP contribution in [0.4, 0.5) is 10.1 Å². The summed E-state index contributed by atoms with van der Waals surface area (Å²) in [5.74, 6) is -1.31. The molecule has 0 spiro atoms. The maximum absolute atomic E-state index is 13.3. The molecule has 174 valence electrons. The zero-order chi connectivity index (χ0) is 23.7. The van der Waals surface area contributed by atoms with Gasteiger partial charge in [-0.3, -0.25) is 13.9 Å². The minimum Gasteiger partial charge on any atom is -0.355 e. The van der Waals surface area contributed by atoms with Gasteiger partial charge in [0.05, 0.1) is 11.9 Å². The molecule has 32 heavy (non-hydrogen) atoms. The van der Waals surface area contributed by atoms with E-state index in [-0.39, 0.29) is 18.1 Å². The Hall–Kier alpha value is -2.94. The van der Waals surface area contributed by atoms with Gasteiger partial charge in [-0.05, 0) is 49.6 Å². The molecule has 0 heterocycles. The van der Waals surface area contributed by atoms with Crippen LogP contribution in [-0.4, -0.2) is 57.1 Å². The van der Waals surface area contributed by atoms with Gasteiger partial charge in [-0.25, -0.2) is 12.8 Å². The Morgan fingerprint density at radius 1 is 1.03 bits per heavy atom. The zero-order valence-electron chi connectivity index (χ0n) is 18.6. The number of anilines is 1. The predicted octanol–water partition coefficient (Wildman–Crippen LogP) is 2.58. The van der Waals surface area contributed by atoms with Gasteiger partial charge in [0.15, 0.2) is 0 Å². The number of hydrogen-bond acceptors (Lipinski definition) is 4. The average molecular weight is 464 g/mol. The number of sulfonamides is 1. The first kappa shape index (κ1) is 25.3. The van der Waals surface area contributed by atoms with Crippen molar-refractivity contribution in [1.82, 2.24) is 10.2 Å². The van der Waals surface area contributed by atoms with Crippen LogP contribution in [0.1, 0.15) is 25.8 Å². The summed E-state index contributed by atoms with van der Waals surface area (Å²) < 4.78 is 39.1. The third kappa shape index (κ3) is 7.05. The largest absolute Gasteiger partial charge is 0.355 e. The lowest BCUT2D eigenvalue weighted by Crippen LogP contribution is -2.53. The molecule has 1 unspecified atom stereocenters. The number of amides is 2. The molecule has 2 aromatic carbocycles. The molecule has 2 aromatic rings. The first-order valence-corrected chi connectivity index (χ1v) is 12.4. The third-order valence-corrected chi connectivity index (χ3v) is 6.16. The quantitative estimate of drug-likeness (QED) is 0.555. The van der Waals surface area contributed by atoms with Crippen LogP contribution in [-0.2, 0) is 26.0 Å². The van der Waals surface area contributed by atoms with Crippen LogP contribution in [0.5, 0.6) is 0 Å². The number of rotatable bonds is 11. The normalized spacial score (nSPS) is 12.1. The molecular weight excluding hydrogens is 433 g/mol. The van der Waals surface area contributed by atoms with Crippen molar-refractivity contribution < 1.29 is 22.4 Å². The van der Waals surface area contributed by atoms with Crippen molar-refractivity contribution in [3.63, 3.8) is 0 Å². The fourth-order valence-corrected chi connectivity index (χ4v) is 4.26. The second kappa shape index (κ2) is 11.6. The molecule has 1 N–H and O–H groups in total. The van der Waals surface area contributed by atoms with Crippen LogP contribution in [0.3, 0.4) is 0 Å². The number of carbonyl (C=O) groups excluding carboxylic acids is 2. The molecule has 0 radical (unpaired) electrons. The van der Waals surface area contributed by atoms with Gasteiger partial charge in [-0.1, -0.05) is 37.3 Å². The van der Waals surface area contributed by atoms with E-state index < -0.39 is 34.3 Å². The first-order chi connectivity index (χ1) is 15.2. The summed E-state index contributed by atoms with van der Waals surface area (Å²) in [6, 6.07) is 13.7. The predicted molar refractivity (Wildman–Crippen MR) is 123 cm³/mol. The van der Waals surface area contributed by atoms with E-state index in [1.807, 2.05) is 30.3 Å². The molecule has 9 heteroatoms. The van der Waals surface area contributed by atoms with Crippen LogP contribution in [0.2, 0.25) is 0 Å². The van der Waals surface area contributed by atoms with Crippen molar-refractivity contribution in [3.05, 3.63) is 66.0 Å². The summed E-state index contributed by atoms with van der Waals surface area (Å²) in [6.07, 6.45) is 1.87. The van der Waals surface area contributed by atoms with Gasteiger partial charge in [0.1, 0.15) is 18.4 Å². The van der Waals surface area contributed by atoms with E-state index in [2.05, 4.69) is 5.32 Å². The van der Waals surface area contributed by atoms with E-state index in [1.165, 1.54) is 17.0 Å². The Labute approximate surface area is 189 Å². The Balaban J connectivity index is 2.33. The van der Waals surface area contributed by atoms with Crippen LogP contribution >= 0.6 is 0 Å². The maximum Gasteiger partial charge on any atom is 0.244 e. The molecule has 0 aromatic heterocycles. The van der Waals surface area contributed by atoms with Gasteiger partial charge in [0.25, 0.3) is 0 Å². The molecule has 0 saturated heterocycles. The highest BCUT2D eigenvalue weighted by atomic mass is 32.2. The highest BCUT2D eigenvalue weighted by molar-refractivity contribution is 7.92. The monoisotopic (exact) mass is 463 g/mol. The van der Waals surface area contributed by atoms with Crippen LogP contribution in [0.25, 0.3) is 0 Å². The molecule has 0 aliphatic rings. The molecule has 7 nitrogen and oxygen atoms in total. The summed E-state index contributed by atoms with van der Waals surface area (Å²) >= 11 is 0. The van der Waals surface area contributed by atoms with Crippen molar-refractivity contribution in [3.8, 4) is 0 Å². The minimum atomic E-state index is -3.83. The fraction of sp³-hybridized carbons (Fsp3) is 0.391. The second-order valence-corrected chi connectivity index (χ2v) is 9.29. The maximum atomic E-state index is 13.3. The number of halogens is 1. The fourth-order valence-electron chi connectivity index (χ4n) is 3.41. The smallest absolute Gasteiger partial charge is 0.244 e. The van der Waals surface area contributed by atoms with Gasteiger partial charge >= 0.3 is 0 Å². The molecule has 0 bridgehead atoms. The molecule has 0 aliphatic heterocycles. The summed E-state index contributed by atoms with van der Waals surface area (Å²) in [7, 11) is -3.83. The number of hydrogen-bond donors (Lipinski definition) is 1. The van der Waals surface area contributed by atoms with Gasteiger partial charge in [-0.15, -0.1) is 0 Å². The number of carbonyl (C=O) groups is 2. The first-order valence-electron chi connectivity index (χ1n) is 10.5. The van der Waals surface area contributed by atoms with Crippen molar-refractivity contribution in [1.29, 1.82) is 0 Å². The Morgan fingerprint density at radius 3 is 2.19 bits per heavy atom. The van der Waals surface area contributed by atoms with Gasteiger partial charge < -0.3 is 10.2 Å². The van der Waals surface area contributed by atoms with E-state index >= 15 is 0 Å². The highest BCUT2D eigenvalue weighted by Gasteiger charge is 2.31. The van der Waals surface area contributed by atoms with Crippen molar-refractivity contribution in [2.45, 2.75) is 32.7 Å². The second-order valence-electron chi connectivity index (χ2n) is 7.39. The minimum absolute atomic E-state index is 0.177. The van der Waals surface area contributed by atoms with E-state index in [0.29, 0.717) is 19.4 Å².